The van der Waals surface area contributed by atoms with E-state index >= 15 is 0 Å². The standard InChI is InChI=1S/C26H22N4O3/c1-30(15-16-7-4-3-5-8-16)26(32)27-20-10-6-9-19-21(20)25(31)22-23(28-29-24(19)22)17-11-13-18(33-2)14-12-17/h3-14H,15H2,1-2H3,(H,27,32)(H,28,29). The molecule has 1 aromatic heterocycles. The number of carbonyl (C=O) groups is 2. The molecule has 0 atom stereocenters. The van der Waals surface area contributed by atoms with Gasteiger partial charge in [-0.25, -0.2) is 4.79 Å². The zero-order valence-corrected chi connectivity index (χ0v) is 18.3. The summed E-state index contributed by atoms with van der Waals surface area (Å²) < 4.78 is 5.22. The number of amides is 2. The lowest BCUT2D eigenvalue weighted by Crippen LogP contribution is -2.31. The van der Waals surface area contributed by atoms with E-state index in [4.69, 9.17) is 4.74 Å². The molecule has 0 fully saturated rings. The van der Waals surface area contributed by atoms with E-state index in [0.29, 0.717) is 34.7 Å². The number of urea groups is 1. The molecule has 2 amide bonds. The number of benzene rings is 3. The number of rotatable bonds is 5. The highest BCUT2D eigenvalue weighted by molar-refractivity contribution is 6.26. The molecule has 0 aliphatic heterocycles. The van der Waals surface area contributed by atoms with Gasteiger partial charge in [0.25, 0.3) is 0 Å². The Labute approximate surface area is 191 Å². The maximum absolute atomic E-state index is 13.5. The molecule has 7 nitrogen and oxygen atoms in total. The van der Waals surface area contributed by atoms with Crippen LogP contribution in [0, 0.1) is 0 Å². The third kappa shape index (κ3) is 3.63. The second kappa shape index (κ2) is 8.27. The molecule has 4 aromatic rings. The molecule has 1 aliphatic rings. The van der Waals surface area contributed by atoms with E-state index in [0.717, 1.165) is 22.4 Å². The number of aromatic nitrogens is 2. The van der Waals surface area contributed by atoms with E-state index in [1.165, 1.54) is 0 Å². The smallest absolute Gasteiger partial charge is 0.321 e. The fraction of sp³-hybridized carbons (Fsp3) is 0.115. The minimum absolute atomic E-state index is 0.166. The van der Waals surface area contributed by atoms with Gasteiger partial charge in [-0.3, -0.25) is 9.89 Å². The Morgan fingerprint density at radius 1 is 1.00 bits per heavy atom. The Hall–Kier alpha value is -4.39. The van der Waals surface area contributed by atoms with Crippen LogP contribution >= 0.6 is 0 Å². The summed E-state index contributed by atoms with van der Waals surface area (Å²) in [5.74, 6) is 0.561. The van der Waals surface area contributed by atoms with Gasteiger partial charge < -0.3 is 15.0 Å². The lowest BCUT2D eigenvalue weighted by Gasteiger charge is -2.19. The number of H-pyrrole nitrogens is 1. The van der Waals surface area contributed by atoms with Gasteiger partial charge in [0.2, 0.25) is 0 Å². The van der Waals surface area contributed by atoms with Crippen molar-refractivity contribution in [1.29, 1.82) is 0 Å². The molecule has 164 valence electrons. The van der Waals surface area contributed by atoms with Crippen LogP contribution in [0.25, 0.3) is 22.5 Å². The Bertz CT molecular complexity index is 1340. The predicted octanol–water partition coefficient (Wildman–Crippen LogP) is 4.96. The van der Waals surface area contributed by atoms with Gasteiger partial charge in [0.1, 0.15) is 11.4 Å². The summed E-state index contributed by atoms with van der Waals surface area (Å²) in [5, 5.41) is 10.3. The van der Waals surface area contributed by atoms with Crippen LogP contribution in [-0.2, 0) is 6.54 Å². The van der Waals surface area contributed by atoms with E-state index in [2.05, 4.69) is 15.5 Å². The lowest BCUT2D eigenvalue weighted by atomic mass is 10.0. The minimum Gasteiger partial charge on any atom is -0.497 e. The first-order valence-corrected chi connectivity index (χ1v) is 10.5. The summed E-state index contributed by atoms with van der Waals surface area (Å²) in [6.07, 6.45) is 0. The number of anilines is 1. The largest absolute Gasteiger partial charge is 0.497 e. The van der Waals surface area contributed by atoms with Gasteiger partial charge in [-0.1, -0.05) is 42.5 Å². The summed E-state index contributed by atoms with van der Waals surface area (Å²) in [7, 11) is 3.33. The average Bonchev–Trinajstić information content (AvgIpc) is 3.40. The second-order valence-electron chi connectivity index (χ2n) is 7.88. The SMILES string of the molecule is COc1ccc(-c2n[nH]c3c2C(=O)c2c(NC(=O)N(C)Cc4ccccc4)cccc2-3)cc1. The summed E-state index contributed by atoms with van der Waals surface area (Å²) in [6, 6.07) is 22.3. The molecule has 0 saturated carbocycles. The number of ketones is 1. The zero-order valence-electron chi connectivity index (χ0n) is 18.3. The monoisotopic (exact) mass is 438 g/mol. The molecule has 0 radical (unpaired) electrons. The summed E-state index contributed by atoms with van der Waals surface area (Å²) in [4.78, 5) is 27.9. The fourth-order valence-electron chi connectivity index (χ4n) is 4.09. The predicted molar refractivity (Wildman–Crippen MR) is 126 cm³/mol. The van der Waals surface area contributed by atoms with Crippen LogP contribution in [0.5, 0.6) is 5.75 Å². The third-order valence-corrected chi connectivity index (χ3v) is 5.77. The van der Waals surface area contributed by atoms with Crippen LogP contribution in [0.1, 0.15) is 21.5 Å². The third-order valence-electron chi connectivity index (χ3n) is 5.77. The van der Waals surface area contributed by atoms with Crippen molar-refractivity contribution in [3.8, 4) is 28.3 Å². The van der Waals surface area contributed by atoms with E-state index in [1.54, 1.807) is 25.1 Å². The van der Waals surface area contributed by atoms with Crippen LogP contribution in [-0.4, -0.2) is 41.1 Å². The fourth-order valence-corrected chi connectivity index (χ4v) is 4.09. The van der Waals surface area contributed by atoms with Crippen molar-refractivity contribution in [1.82, 2.24) is 15.1 Å². The molecule has 33 heavy (non-hydrogen) atoms. The number of nitrogens with one attached hydrogen (secondary N) is 2. The van der Waals surface area contributed by atoms with Crippen LogP contribution in [0.4, 0.5) is 10.5 Å². The minimum atomic E-state index is -0.288. The highest BCUT2D eigenvalue weighted by Crippen LogP contribution is 2.43. The van der Waals surface area contributed by atoms with Crippen LogP contribution in [0.15, 0.2) is 72.8 Å². The zero-order chi connectivity index (χ0) is 22.9. The second-order valence-corrected chi connectivity index (χ2v) is 7.88. The normalized spacial score (nSPS) is 11.6. The topological polar surface area (TPSA) is 87.3 Å². The summed E-state index contributed by atoms with van der Waals surface area (Å²) in [5.41, 5.74) is 5.25. The number of hydrogen-bond donors (Lipinski definition) is 2. The lowest BCUT2D eigenvalue weighted by molar-refractivity contribution is 0.104. The van der Waals surface area contributed by atoms with Gasteiger partial charge in [-0.2, -0.15) is 5.10 Å². The van der Waals surface area contributed by atoms with Crippen molar-refractivity contribution in [2.24, 2.45) is 0 Å². The highest BCUT2D eigenvalue weighted by Gasteiger charge is 2.35. The number of fused-ring (bicyclic) bond motifs is 3. The van der Waals surface area contributed by atoms with Crippen molar-refractivity contribution < 1.29 is 14.3 Å². The number of carbonyl (C=O) groups excluding carboxylic acids is 2. The molecule has 0 bridgehead atoms. The van der Waals surface area contributed by atoms with Crippen molar-refractivity contribution in [3.63, 3.8) is 0 Å². The molecular weight excluding hydrogens is 416 g/mol. The summed E-state index contributed by atoms with van der Waals surface area (Å²) >= 11 is 0. The Morgan fingerprint density at radius 2 is 1.76 bits per heavy atom. The molecule has 0 saturated heterocycles. The maximum Gasteiger partial charge on any atom is 0.321 e. The van der Waals surface area contributed by atoms with Gasteiger partial charge in [0.05, 0.1) is 29.6 Å². The molecule has 5 rings (SSSR count). The van der Waals surface area contributed by atoms with Crippen molar-refractivity contribution in [2.45, 2.75) is 6.54 Å². The van der Waals surface area contributed by atoms with Crippen LogP contribution in [0.3, 0.4) is 0 Å². The number of ether oxygens (including phenoxy) is 1. The van der Waals surface area contributed by atoms with Gasteiger partial charge in [0.15, 0.2) is 5.78 Å². The van der Waals surface area contributed by atoms with Crippen molar-refractivity contribution >= 4 is 17.5 Å². The van der Waals surface area contributed by atoms with Gasteiger partial charge in [0, 0.05) is 24.7 Å². The molecule has 7 heteroatoms. The number of aromatic amines is 1. The Kier molecular flexibility index (Phi) is 5.14. The number of hydrogen-bond acceptors (Lipinski definition) is 4. The van der Waals surface area contributed by atoms with Gasteiger partial charge >= 0.3 is 6.03 Å². The van der Waals surface area contributed by atoms with E-state index in [1.807, 2.05) is 66.7 Å². The first kappa shape index (κ1) is 20.5. The molecule has 3 aromatic carbocycles. The Morgan fingerprint density at radius 3 is 2.48 bits per heavy atom. The van der Waals surface area contributed by atoms with Crippen molar-refractivity contribution in [3.05, 3.63) is 89.5 Å². The molecule has 0 spiro atoms. The first-order valence-electron chi connectivity index (χ1n) is 10.5. The van der Waals surface area contributed by atoms with Gasteiger partial charge in [-0.15, -0.1) is 0 Å². The Balaban J connectivity index is 1.43. The van der Waals surface area contributed by atoms with Crippen LogP contribution < -0.4 is 10.1 Å². The van der Waals surface area contributed by atoms with Gasteiger partial charge in [-0.05, 0) is 35.9 Å². The first-order chi connectivity index (χ1) is 16.1. The van der Waals surface area contributed by atoms with E-state index in [9.17, 15) is 9.59 Å². The highest BCUT2D eigenvalue weighted by atomic mass is 16.5. The molecule has 2 N–H and O–H groups in total. The molecule has 1 aliphatic carbocycles. The quantitative estimate of drug-likeness (QED) is 0.406. The van der Waals surface area contributed by atoms with E-state index < -0.39 is 0 Å². The molecule has 0 unspecified atom stereocenters. The number of methoxy groups -OCH3 is 1. The maximum atomic E-state index is 13.5. The van der Waals surface area contributed by atoms with E-state index in [-0.39, 0.29) is 11.8 Å². The molecular formula is C26H22N4O3. The molecule has 1 heterocycles. The summed E-state index contributed by atoms with van der Waals surface area (Å²) in [6.45, 7) is 0.459. The average molecular weight is 438 g/mol. The number of nitrogens with zero attached hydrogens (tertiary/aromatic N) is 2. The van der Waals surface area contributed by atoms with Crippen molar-refractivity contribution in [2.75, 3.05) is 19.5 Å². The van der Waals surface area contributed by atoms with Crippen LogP contribution in [0.2, 0.25) is 0 Å².